The van der Waals surface area contributed by atoms with Crippen molar-refractivity contribution in [2.24, 2.45) is 0 Å². The third-order valence-corrected chi connectivity index (χ3v) is 2.45. The molecular weight excluding hydrogens is 184 g/mol. The average molecular weight is 198 g/mol. The number of aldehydes is 1. The Morgan fingerprint density at radius 2 is 2.14 bits per heavy atom. The summed E-state index contributed by atoms with van der Waals surface area (Å²) in [6.07, 6.45) is 2.52. The third kappa shape index (κ3) is 1.49. The van der Waals surface area contributed by atoms with Crippen molar-refractivity contribution in [3.8, 4) is 0 Å². The molecule has 5 heteroatoms. The molecule has 0 aliphatic carbocycles. The van der Waals surface area contributed by atoms with Gasteiger partial charge in [0.05, 0.1) is 0 Å². The fraction of sp³-hybridized carbons (Fsp3) is 0.667. The number of urea groups is 1. The monoisotopic (exact) mass is 198 g/mol. The Balaban J connectivity index is 2.85. The molecule has 5 nitrogen and oxygen atoms in total. The Hall–Kier alpha value is -1.39. The quantitative estimate of drug-likeness (QED) is 0.401. The first-order valence-electron chi connectivity index (χ1n) is 4.64. The number of imide groups is 1. The smallest absolute Gasteiger partial charge is 0.317 e. The maximum atomic E-state index is 11.6. The van der Waals surface area contributed by atoms with E-state index in [2.05, 4.69) is 5.32 Å². The van der Waals surface area contributed by atoms with Crippen LogP contribution in [0.3, 0.4) is 0 Å². The van der Waals surface area contributed by atoms with Gasteiger partial charge in [0.15, 0.2) is 11.8 Å². The Kier molecular flexibility index (Phi) is 2.88. The van der Waals surface area contributed by atoms with Gasteiger partial charge in [-0.25, -0.2) is 4.79 Å². The highest BCUT2D eigenvalue weighted by Crippen LogP contribution is 2.20. The number of likely N-dealkylation sites (N-methyl/N-ethyl adjacent to an activating group) is 1. The lowest BCUT2D eigenvalue weighted by Crippen LogP contribution is -2.48. The number of rotatable bonds is 4. The Bertz CT molecular complexity index is 277. The van der Waals surface area contributed by atoms with Crippen LogP contribution >= 0.6 is 0 Å². The Morgan fingerprint density at radius 1 is 1.50 bits per heavy atom. The first-order valence-corrected chi connectivity index (χ1v) is 4.64. The lowest BCUT2D eigenvalue weighted by atomic mass is 9.94. The van der Waals surface area contributed by atoms with E-state index < -0.39 is 17.5 Å². The molecule has 1 aliphatic heterocycles. The number of amides is 3. The van der Waals surface area contributed by atoms with Gasteiger partial charge in [0.25, 0.3) is 5.91 Å². The van der Waals surface area contributed by atoms with Gasteiger partial charge in [-0.1, -0.05) is 19.8 Å². The summed E-state index contributed by atoms with van der Waals surface area (Å²) < 4.78 is 0. The molecule has 0 aromatic heterocycles. The van der Waals surface area contributed by atoms with Crippen molar-refractivity contribution in [2.75, 3.05) is 7.05 Å². The molecular formula is C9H14N2O3. The zero-order valence-corrected chi connectivity index (χ0v) is 8.37. The van der Waals surface area contributed by atoms with Gasteiger partial charge in [0.1, 0.15) is 0 Å². The third-order valence-electron chi connectivity index (χ3n) is 2.45. The van der Waals surface area contributed by atoms with Crippen LogP contribution < -0.4 is 5.32 Å². The van der Waals surface area contributed by atoms with Crippen LogP contribution in [0.1, 0.15) is 26.2 Å². The molecule has 0 aromatic rings. The molecule has 0 bridgehead atoms. The number of carbonyl (C=O) groups is 3. The highest BCUT2D eigenvalue weighted by atomic mass is 16.2. The lowest BCUT2D eigenvalue weighted by Gasteiger charge is -2.18. The molecule has 1 unspecified atom stereocenters. The van der Waals surface area contributed by atoms with Crippen LogP contribution in [0.5, 0.6) is 0 Å². The van der Waals surface area contributed by atoms with Gasteiger partial charge in [-0.2, -0.15) is 0 Å². The SMILES string of the molecule is CCCCC1(C=O)NC(=O)N(C)C1=O. The minimum atomic E-state index is -1.30. The van der Waals surface area contributed by atoms with E-state index in [1.165, 1.54) is 7.05 Å². The summed E-state index contributed by atoms with van der Waals surface area (Å²) in [5, 5.41) is 2.42. The second kappa shape index (κ2) is 3.77. The minimum Gasteiger partial charge on any atom is -0.317 e. The topological polar surface area (TPSA) is 66.5 Å². The predicted molar refractivity (Wildman–Crippen MR) is 49.6 cm³/mol. The van der Waals surface area contributed by atoms with Gasteiger partial charge >= 0.3 is 6.03 Å². The number of unbranched alkanes of at least 4 members (excludes halogenated alkanes) is 1. The number of nitrogens with one attached hydrogen (secondary N) is 1. The van der Waals surface area contributed by atoms with Crippen LogP contribution in [0.4, 0.5) is 4.79 Å². The zero-order chi connectivity index (χ0) is 10.8. The maximum Gasteiger partial charge on any atom is 0.325 e. The van der Waals surface area contributed by atoms with Crippen LogP contribution in [0.2, 0.25) is 0 Å². The summed E-state index contributed by atoms with van der Waals surface area (Å²) in [5.41, 5.74) is -1.30. The number of hydrogen-bond acceptors (Lipinski definition) is 3. The maximum absolute atomic E-state index is 11.6. The van der Waals surface area contributed by atoms with E-state index >= 15 is 0 Å². The molecule has 0 aromatic carbocycles. The van der Waals surface area contributed by atoms with Crippen molar-refractivity contribution >= 4 is 18.2 Å². The number of hydrogen-bond donors (Lipinski definition) is 1. The van der Waals surface area contributed by atoms with E-state index in [1.54, 1.807) is 0 Å². The van der Waals surface area contributed by atoms with Crippen molar-refractivity contribution in [1.82, 2.24) is 10.2 Å². The number of carbonyl (C=O) groups excluding carboxylic acids is 3. The van der Waals surface area contributed by atoms with E-state index in [-0.39, 0.29) is 0 Å². The van der Waals surface area contributed by atoms with Crippen molar-refractivity contribution < 1.29 is 14.4 Å². The predicted octanol–water partition coefficient (Wildman–Crippen LogP) is 0.296. The van der Waals surface area contributed by atoms with Crippen molar-refractivity contribution in [1.29, 1.82) is 0 Å². The van der Waals surface area contributed by atoms with E-state index in [4.69, 9.17) is 0 Å². The molecule has 1 atom stereocenters. The summed E-state index contributed by atoms with van der Waals surface area (Å²) in [5.74, 6) is -0.453. The molecule has 1 N–H and O–H groups in total. The van der Waals surface area contributed by atoms with E-state index in [0.29, 0.717) is 12.7 Å². The standard InChI is InChI=1S/C9H14N2O3/c1-3-4-5-9(6-12)7(13)11(2)8(14)10-9/h6H,3-5H2,1-2H3,(H,10,14). The highest BCUT2D eigenvalue weighted by Gasteiger charge is 2.49. The Morgan fingerprint density at radius 3 is 2.50 bits per heavy atom. The molecule has 1 fully saturated rings. The second-order valence-electron chi connectivity index (χ2n) is 3.49. The second-order valence-corrected chi connectivity index (χ2v) is 3.49. The van der Waals surface area contributed by atoms with Gasteiger partial charge in [-0.15, -0.1) is 0 Å². The molecule has 1 saturated heterocycles. The summed E-state index contributed by atoms with van der Waals surface area (Å²) in [7, 11) is 1.37. The molecule has 1 aliphatic rings. The van der Waals surface area contributed by atoms with Gasteiger partial charge in [0.2, 0.25) is 0 Å². The lowest BCUT2D eigenvalue weighted by molar-refractivity contribution is -0.134. The Labute approximate surface area is 82.4 Å². The summed E-state index contributed by atoms with van der Waals surface area (Å²) in [6.45, 7) is 1.96. The highest BCUT2D eigenvalue weighted by molar-refractivity contribution is 6.15. The minimum absolute atomic E-state index is 0.377. The molecule has 0 radical (unpaired) electrons. The molecule has 78 valence electrons. The van der Waals surface area contributed by atoms with Crippen LogP contribution in [0, 0.1) is 0 Å². The van der Waals surface area contributed by atoms with Crippen LogP contribution in [-0.2, 0) is 9.59 Å². The van der Waals surface area contributed by atoms with Gasteiger partial charge in [-0.05, 0) is 6.42 Å². The summed E-state index contributed by atoms with van der Waals surface area (Å²) in [4.78, 5) is 34.6. The van der Waals surface area contributed by atoms with E-state index in [0.717, 1.165) is 17.7 Å². The zero-order valence-electron chi connectivity index (χ0n) is 8.37. The molecule has 1 rings (SSSR count). The van der Waals surface area contributed by atoms with E-state index in [1.807, 2.05) is 6.92 Å². The largest absolute Gasteiger partial charge is 0.325 e. The molecule has 14 heavy (non-hydrogen) atoms. The fourth-order valence-electron chi connectivity index (χ4n) is 1.48. The normalized spacial score (nSPS) is 26.6. The first kappa shape index (κ1) is 10.7. The fourth-order valence-corrected chi connectivity index (χ4v) is 1.48. The first-order chi connectivity index (χ1) is 6.57. The molecule has 3 amide bonds. The summed E-state index contributed by atoms with van der Waals surface area (Å²) >= 11 is 0. The van der Waals surface area contributed by atoms with Gasteiger partial charge in [-0.3, -0.25) is 9.69 Å². The number of nitrogens with zero attached hydrogens (tertiary/aromatic N) is 1. The van der Waals surface area contributed by atoms with Crippen LogP contribution in [0.15, 0.2) is 0 Å². The van der Waals surface area contributed by atoms with Crippen molar-refractivity contribution in [3.05, 3.63) is 0 Å². The molecule has 0 spiro atoms. The van der Waals surface area contributed by atoms with Crippen LogP contribution in [0.25, 0.3) is 0 Å². The average Bonchev–Trinajstić information content (AvgIpc) is 2.41. The molecule has 1 heterocycles. The van der Waals surface area contributed by atoms with Crippen molar-refractivity contribution in [3.63, 3.8) is 0 Å². The van der Waals surface area contributed by atoms with E-state index in [9.17, 15) is 14.4 Å². The molecule has 0 saturated carbocycles. The van der Waals surface area contributed by atoms with Gasteiger partial charge < -0.3 is 10.1 Å². The van der Waals surface area contributed by atoms with Crippen LogP contribution in [-0.4, -0.2) is 35.7 Å². The van der Waals surface area contributed by atoms with Gasteiger partial charge in [0, 0.05) is 7.05 Å². The summed E-state index contributed by atoms with van der Waals surface area (Å²) in [6, 6.07) is -0.502. The van der Waals surface area contributed by atoms with Crippen molar-refractivity contribution in [2.45, 2.75) is 31.7 Å².